The van der Waals surface area contributed by atoms with Crippen molar-refractivity contribution in [1.82, 2.24) is 9.55 Å². The number of aromatic nitrogens is 2. The van der Waals surface area contributed by atoms with Crippen LogP contribution < -0.4 is 0 Å². The SMILES string of the molecule is CS(C)(C)CCOCn1cc(C(=O)OCc2ccccc2)nc1-c1ccc(Br)cc1. The number of ether oxygens (including phenoxy) is 2. The van der Waals surface area contributed by atoms with Gasteiger partial charge in [-0.2, -0.15) is 0 Å². The molecule has 30 heavy (non-hydrogen) atoms. The predicted octanol–water partition coefficient (Wildman–Crippen LogP) is 5.34. The lowest BCUT2D eigenvalue weighted by molar-refractivity contribution is 0.0465. The Morgan fingerprint density at radius 3 is 2.43 bits per heavy atom. The molecule has 0 aliphatic rings. The lowest BCUT2D eigenvalue weighted by atomic mass is 10.2. The predicted molar refractivity (Wildman–Crippen MR) is 127 cm³/mol. The van der Waals surface area contributed by atoms with Gasteiger partial charge in [-0.3, -0.25) is 0 Å². The van der Waals surface area contributed by atoms with E-state index in [1.165, 1.54) is 0 Å². The Labute approximate surface area is 187 Å². The Morgan fingerprint density at radius 1 is 1.07 bits per heavy atom. The van der Waals surface area contributed by atoms with Crippen molar-refractivity contribution < 1.29 is 14.3 Å². The van der Waals surface area contributed by atoms with E-state index in [0.29, 0.717) is 19.2 Å². The van der Waals surface area contributed by atoms with E-state index in [-0.39, 0.29) is 12.3 Å². The minimum Gasteiger partial charge on any atom is -0.456 e. The van der Waals surface area contributed by atoms with Crippen LogP contribution in [0.5, 0.6) is 0 Å². The van der Waals surface area contributed by atoms with E-state index in [1.54, 1.807) is 6.20 Å². The van der Waals surface area contributed by atoms with Crippen molar-refractivity contribution in [2.24, 2.45) is 0 Å². The molecule has 0 radical (unpaired) electrons. The lowest BCUT2D eigenvalue weighted by Gasteiger charge is -2.24. The van der Waals surface area contributed by atoms with E-state index in [4.69, 9.17) is 9.47 Å². The van der Waals surface area contributed by atoms with Crippen LogP contribution in [0.4, 0.5) is 0 Å². The van der Waals surface area contributed by atoms with Gasteiger partial charge in [-0.1, -0.05) is 58.4 Å². The summed E-state index contributed by atoms with van der Waals surface area (Å²) in [7, 11) is -0.617. The standard InChI is InChI=1S/C23H27BrN2O3S/c1-30(2,3)14-13-28-17-26-15-21(23(27)29-16-18-7-5-4-6-8-18)25-22(26)19-9-11-20(24)12-10-19/h4-12,15H,13-14,16-17H2,1-3H3. The van der Waals surface area contributed by atoms with E-state index < -0.39 is 16.0 Å². The number of hydrogen-bond acceptors (Lipinski definition) is 4. The van der Waals surface area contributed by atoms with Gasteiger partial charge in [0.05, 0.1) is 6.61 Å². The number of esters is 1. The second-order valence-corrected chi connectivity index (χ2v) is 13.3. The summed E-state index contributed by atoms with van der Waals surface area (Å²) in [6.45, 7) is 1.22. The molecular weight excluding hydrogens is 464 g/mol. The van der Waals surface area contributed by atoms with Crippen LogP contribution >= 0.6 is 26.0 Å². The molecule has 7 heteroatoms. The number of benzene rings is 2. The molecule has 3 aromatic rings. The minimum absolute atomic E-state index is 0.213. The molecular formula is C23H27BrN2O3S. The first-order valence-electron chi connectivity index (χ1n) is 9.60. The maximum atomic E-state index is 12.6. The van der Waals surface area contributed by atoms with E-state index in [9.17, 15) is 4.79 Å². The molecule has 160 valence electrons. The number of imidazole rings is 1. The molecule has 0 spiro atoms. The van der Waals surface area contributed by atoms with E-state index in [1.807, 2.05) is 59.2 Å². The quantitative estimate of drug-likeness (QED) is 0.300. The number of halogens is 1. The highest BCUT2D eigenvalue weighted by atomic mass is 79.9. The highest BCUT2D eigenvalue weighted by molar-refractivity contribution is 9.10. The maximum Gasteiger partial charge on any atom is 0.358 e. The summed E-state index contributed by atoms with van der Waals surface area (Å²) in [6, 6.07) is 17.4. The Balaban J connectivity index is 1.74. The molecule has 0 aliphatic heterocycles. The molecule has 0 fully saturated rings. The molecule has 0 bridgehead atoms. The van der Waals surface area contributed by atoms with Crippen LogP contribution in [0.2, 0.25) is 0 Å². The van der Waals surface area contributed by atoms with Crippen LogP contribution in [-0.4, -0.2) is 46.6 Å². The number of rotatable bonds is 9. The van der Waals surface area contributed by atoms with Crippen molar-refractivity contribution in [3.8, 4) is 11.4 Å². The van der Waals surface area contributed by atoms with Gasteiger partial charge in [0.2, 0.25) is 0 Å². The minimum atomic E-state index is -0.617. The summed E-state index contributed by atoms with van der Waals surface area (Å²) in [5.41, 5.74) is 2.12. The molecule has 0 N–H and O–H groups in total. The molecule has 2 aromatic carbocycles. The third-order valence-electron chi connectivity index (χ3n) is 4.37. The third-order valence-corrected chi connectivity index (χ3v) is 6.29. The molecule has 5 nitrogen and oxygen atoms in total. The molecule has 0 saturated carbocycles. The number of carbonyl (C=O) groups is 1. The van der Waals surface area contributed by atoms with Crippen LogP contribution in [0.3, 0.4) is 0 Å². The smallest absolute Gasteiger partial charge is 0.358 e. The van der Waals surface area contributed by atoms with Crippen molar-refractivity contribution in [3.05, 3.63) is 76.5 Å². The fraction of sp³-hybridized carbons (Fsp3) is 0.304. The van der Waals surface area contributed by atoms with Crippen LogP contribution in [0, 0.1) is 0 Å². The highest BCUT2D eigenvalue weighted by Gasteiger charge is 2.17. The van der Waals surface area contributed by atoms with E-state index in [0.717, 1.165) is 21.4 Å². The van der Waals surface area contributed by atoms with Gasteiger partial charge in [-0.25, -0.2) is 19.8 Å². The van der Waals surface area contributed by atoms with Crippen LogP contribution in [0.15, 0.2) is 65.3 Å². The van der Waals surface area contributed by atoms with E-state index in [2.05, 4.69) is 39.7 Å². The zero-order valence-corrected chi connectivity index (χ0v) is 19.9. The van der Waals surface area contributed by atoms with Gasteiger partial charge in [-0.05, 0) is 36.5 Å². The molecule has 0 amide bonds. The highest BCUT2D eigenvalue weighted by Crippen LogP contribution is 2.33. The van der Waals surface area contributed by atoms with Crippen molar-refractivity contribution in [3.63, 3.8) is 0 Å². The van der Waals surface area contributed by atoms with Gasteiger partial charge in [0.15, 0.2) is 5.69 Å². The summed E-state index contributed by atoms with van der Waals surface area (Å²) in [5.74, 6) is 1.26. The van der Waals surface area contributed by atoms with Crippen LogP contribution in [0.1, 0.15) is 16.1 Å². The largest absolute Gasteiger partial charge is 0.456 e. The maximum absolute atomic E-state index is 12.6. The topological polar surface area (TPSA) is 53.4 Å². The fourth-order valence-electron chi connectivity index (χ4n) is 2.71. The van der Waals surface area contributed by atoms with Gasteiger partial charge in [-0.15, -0.1) is 0 Å². The molecule has 3 rings (SSSR count). The first-order valence-corrected chi connectivity index (χ1v) is 13.4. The van der Waals surface area contributed by atoms with Crippen LogP contribution in [-0.2, 0) is 22.8 Å². The van der Waals surface area contributed by atoms with Gasteiger partial charge in [0.1, 0.15) is 19.2 Å². The number of nitrogens with zero attached hydrogens (tertiary/aromatic N) is 2. The lowest BCUT2D eigenvalue weighted by Crippen LogP contribution is -2.10. The molecule has 0 aliphatic carbocycles. The molecule has 0 atom stereocenters. The zero-order chi connectivity index (χ0) is 21.6. The Morgan fingerprint density at radius 2 is 1.77 bits per heavy atom. The van der Waals surface area contributed by atoms with Crippen molar-refractivity contribution in [1.29, 1.82) is 0 Å². The third kappa shape index (κ3) is 6.72. The van der Waals surface area contributed by atoms with Gasteiger partial charge in [0.25, 0.3) is 0 Å². The second-order valence-electron chi connectivity index (χ2n) is 7.82. The molecule has 0 saturated heterocycles. The number of hydrogen-bond donors (Lipinski definition) is 0. The summed E-state index contributed by atoms with van der Waals surface area (Å²) >= 11 is 3.45. The van der Waals surface area contributed by atoms with E-state index >= 15 is 0 Å². The second kappa shape index (κ2) is 10.3. The Kier molecular flexibility index (Phi) is 7.75. The molecule has 0 unspecified atom stereocenters. The Hall–Kier alpha value is -2.09. The summed E-state index contributed by atoms with van der Waals surface area (Å²) in [4.78, 5) is 17.1. The molecule has 1 aromatic heterocycles. The summed E-state index contributed by atoms with van der Waals surface area (Å²) in [5, 5.41) is 0. The zero-order valence-electron chi connectivity index (χ0n) is 17.5. The number of carbonyl (C=O) groups excluding carboxylic acids is 1. The summed E-state index contributed by atoms with van der Waals surface area (Å²) < 4.78 is 14.2. The van der Waals surface area contributed by atoms with Gasteiger partial charge < -0.3 is 14.0 Å². The average molecular weight is 491 g/mol. The summed E-state index contributed by atoms with van der Waals surface area (Å²) in [6.07, 6.45) is 8.50. The van der Waals surface area contributed by atoms with Crippen molar-refractivity contribution >= 4 is 31.9 Å². The first kappa shape index (κ1) is 22.6. The van der Waals surface area contributed by atoms with Gasteiger partial charge >= 0.3 is 5.97 Å². The molecule has 1 heterocycles. The van der Waals surface area contributed by atoms with Crippen molar-refractivity contribution in [2.45, 2.75) is 13.3 Å². The normalized spacial score (nSPS) is 12.0. The first-order chi connectivity index (χ1) is 14.3. The van der Waals surface area contributed by atoms with Crippen LogP contribution in [0.25, 0.3) is 11.4 Å². The average Bonchev–Trinajstić information content (AvgIpc) is 3.14. The fourth-order valence-corrected chi connectivity index (χ4v) is 3.59. The monoisotopic (exact) mass is 490 g/mol. The van der Waals surface area contributed by atoms with Crippen molar-refractivity contribution in [2.75, 3.05) is 31.1 Å². The van der Waals surface area contributed by atoms with Gasteiger partial charge in [0, 0.05) is 22.0 Å². The Bertz CT molecular complexity index is 966.